The third kappa shape index (κ3) is 2.29. The monoisotopic (exact) mass is 290 g/mol. The third-order valence-electron chi connectivity index (χ3n) is 3.36. The first-order valence-electron chi connectivity index (χ1n) is 6.41. The van der Waals surface area contributed by atoms with Gasteiger partial charge in [0, 0.05) is 5.56 Å². The maximum atomic E-state index is 13.2. The Labute approximate surface area is 121 Å². The predicted octanol–water partition coefficient (Wildman–Crippen LogP) is 4.04. The third-order valence-corrected chi connectivity index (χ3v) is 3.65. The zero-order valence-corrected chi connectivity index (χ0v) is 11.4. The van der Waals surface area contributed by atoms with Crippen LogP contribution in [0.15, 0.2) is 36.4 Å². The van der Waals surface area contributed by atoms with Crippen molar-refractivity contribution in [3.63, 3.8) is 0 Å². The van der Waals surface area contributed by atoms with E-state index in [1.165, 1.54) is 18.2 Å². The van der Waals surface area contributed by atoms with Gasteiger partial charge in [0.1, 0.15) is 11.6 Å². The summed E-state index contributed by atoms with van der Waals surface area (Å²) in [7, 11) is 0. The van der Waals surface area contributed by atoms with Gasteiger partial charge in [-0.3, -0.25) is 4.79 Å². The molecule has 1 aliphatic rings. The molecule has 0 amide bonds. The smallest absolute Gasteiger partial charge is 0.196 e. The second-order valence-electron chi connectivity index (χ2n) is 4.70. The molecule has 20 heavy (non-hydrogen) atoms. The van der Waals surface area contributed by atoms with Crippen LogP contribution < -0.4 is 4.74 Å². The van der Waals surface area contributed by atoms with Crippen molar-refractivity contribution in [3.05, 3.63) is 63.9 Å². The summed E-state index contributed by atoms with van der Waals surface area (Å²) in [6.07, 6.45) is 1.85. The van der Waals surface area contributed by atoms with Crippen molar-refractivity contribution in [2.45, 2.75) is 12.8 Å². The highest BCUT2D eigenvalue weighted by atomic mass is 35.5. The normalized spacial score (nSPS) is 13.5. The molecule has 2 aromatic rings. The molecular formula is C16H12ClFO2. The Hall–Kier alpha value is -1.87. The standard InChI is InChI=1S/C16H12ClFO2/c17-13-9-11(6-7-14(13)18)15(19)12-5-1-3-10-4-2-8-20-16(10)12/h1,3,5-7,9H,2,4,8H2. The molecule has 0 aliphatic carbocycles. The van der Waals surface area contributed by atoms with Crippen LogP contribution in [0.4, 0.5) is 4.39 Å². The van der Waals surface area contributed by atoms with Crippen LogP contribution in [0.1, 0.15) is 27.9 Å². The molecule has 0 radical (unpaired) electrons. The van der Waals surface area contributed by atoms with Gasteiger partial charge in [-0.2, -0.15) is 0 Å². The van der Waals surface area contributed by atoms with Crippen LogP contribution >= 0.6 is 11.6 Å². The lowest BCUT2D eigenvalue weighted by Crippen LogP contribution is -2.13. The molecule has 0 saturated carbocycles. The average molecular weight is 291 g/mol. The van der Waals surface area contributed by atoms with Gasteiger partial charge in [0.15, 0.2) is 5.78 Å². The minimum Gasteiger partial charge on any atom is -0.493 e. The summed E-state index contributed by atoms with van der Waals surface area (Å²) < 4.78 is 18.8. The van der Waals surface area contributed by atoms with Crippen molar-refractivity contribution < 1.29 is 13.9 Å². The van der Waals surface area contributed by atoms with Crippen LogP contribution in [0.3, 0.4) is 0 Å². The number of halogens is 2. The summed E-state index contributed by atoms with van der Waals surface area (Å²) in [4.78, 5) is 12.5. The molecule has 0 bridgehead atoms. The lowest BCUT2D eigenvalue weighted by atomic mass is 9.97. The number of carbonyl (C=O) groups excluding carboxylic acids is 1. The van der Waals surface area contributed by atoms with Crippen LogP contribution in [-0.2, 0) is 6.42 Å². The van der Waals surface area contributed by atoms with E-state index in [-0.39, 0.29) is 10.8 Å². The first kappa shape index (κ1) is 13.1. The van der Waals surface area contributed by atoms with Crippen LogP contribution in [0.25, 0.3) is 0 Å². The lowest BCUT2D eigenvalue weighted by Gasteiger charge is -2.19. The Bertz CT molecular complexity index is 682. The van der Waals surface area contributed by atoms with Crippen molar-refractivity contribution in [1.29, 1.82) is 0 Å². The molecule has 102 valence electrons. The number of para-hydroxylation sites is 1. The Morgan fingerprint density at radius 2 is 2.10 bits per heavy atom. The molecule has 0 fully saturated rings. The summed E-state index contributed by atoms with van der Waals surface area (Å²) in [5.74, 6) is -0.0931. The minimum atomic E-state index is -0.533. The number of hydrogen-bond donors (Lipinski definition) is 0. The number of ketones is 1. The van der Waals surface area contributed by atoms with Crippen LogP contribution in [0.2, 0.25) is 5.02 Å². The zero-order chi connectivity index (χ0) is 14.1. The van der Waals surface area contributed by atoms with Crippen molar-refractivity contribution in [2.24, 2.45) is 0 Å². The number of hydrogen-bond acceptors (Lipinski definition) is 2. The van der Waals surface area contributed by atoms with Crippen molar-refractivity contribution in [3.8, 4) is 5.75 Å². The summed E-state index contributed by atoms with van der Waals surface area (Å²) in [5, 5.41) is -0.0541. The first-order chi connectivity index (χ1) is 9.66. The van der Waals surface area contributed by atoms with Gasteiger partial charge in [-0.25, -0.2) is 4.39 Å². The number of aryl methyl sites for hydroxylation is 1. The zero-order valence-electron chi connectivity index (χ0n) is 10.7. The van der Waals surface area contributed by atoms with E-state index in [1.807, 2.05) is 12.1 Å². The van der Waals surface area contributed by atoms with Gasteiger partial charge >= 0.3 is 0 Å². The summed E-state index contributed by atoms with van der Waals surface area (Å²) in [6.45, 7) is 0.613. The number of rotatable bonds is 2. The Morgan fingerprint density at radius 3 is 2.90 bits per heavy atom. The fourth-order valence-corrected chi connectivity index (χ4v) is 2.54. The fourth-order valence-electron chi connectivity index (χ4n) is 2.36. The number of benzene rings is 2. The Kier molecular flexibility index (Phi) is 3.45. The van der Waals surface area contributed by atoms with E-state index in [0.717, 1.165) is 18.4 Å². The van der Waals surface area contributed by atoms with E-state index >= 15 is 0 Å². The highest BCUT2D eigenvalue weighted by molar-refractivity contribution is 6.31. The molecule has 1 heterocycles. The Morgan fingerprint density at radius 1 is 1.25 bits per heavy atom. The quantitative estimate of drug-likeness (QED) is 0.781. The SMILES string of the molecule is O=C(c1ccc(F)c(Cl)c1)c1cccc2c1OCCC2. The summed E-state index contributed by atoms with van der Waals surface area (Å²) >= 11 is 5.73. The van der Waals surface area contributed by atoms with E-state index < -0.39 is 5.82 Å². The van der Waals surface area contributed by atoms with Gasteiger partial charge in [0.25, 0.3) is 0 Å². The maximum Gasteiger partial charge on any atom is 0.196 e. The molecule has 0 N–H and O–H groups in total. The highest BCUT2D eigenvalue weighted by Gasteiger charge is 2.20. The fraction of sp³-hybridized carbons (Fsp3) is 0.188. The molecule has 0 spiro atoms. The molecule has 0 unspecified atom stereocenters. The minimum absolute atomic E-state index is 0.0541. The highest BCUT2D eigenvalue weighted by Crippen LogP contribution is 2.31. The van der Waals surface area contributed by atoms with E-state index in [2.05, 4.69) is 0 Å². The number of fused-ring (bicyclic) bond motifs is 1. The molecule has 0 saturated heterocycles. The average Bonchev–Trinajstić information content (AvgIpc) is 2.49. The topological polar surface area (TPSA) is 26.3 Å². The van der Waals surface area contributed by atoms with Crippen molar-refractivity contribution >= 4 is 17.4 Å². The molecule has 4 heteroatoms. The largest absolute Gasteiger partial charge is 0.493 e. The van der Waals surface area contributed by atoms with Gasteiger partial charge in [0.05, 0.1) is 17.2 Å². The van der Waals surface area contributed by atoms with E-state index in [9.17, 15) is 9.18 Å². The molecule has 0 atom stereocenters. The lowest BCUT2D eigenvalue weighted by molar-refractivity contribution is 0.103. The van der Waals surface area contributed by atoms with Gasteiger partial charge in [0.2, 0.25) is 0 Å². The molecule has 2 nitrogen and oxygen atoms in total. The molecule has 2 aromatic carbocycles. The molecule has 0 aromatic heterocycles. The van der Waals surface area contributed by atoms with Crippen LogP contribution in [-0.4, -0.2) is 12.4 Å². The van der Waals surface area contributed by atoms with Gasteiger partial charge in [-0.05, 0) is 42.7 Å². The van der Waals surface area contributed by atoms with E-state index in [1.54, 1.807) is 6.07 Å². The predicted molar refractivity (Wildman–Crippen MR) is 75.1 cm³/mol. The van der Waals surface area contributed by atoms with Crippen LogP contribution in [0, 0.1) is 5.82 Å². The van der Waals surface area contributed by atoms with Gasteiger partial charge in [-0.15, -0.1) is 0 Å². The van der Waals surface area contributed by atoms with E-state index in [4.69, 9.17) is 16.3 Å². The molecular weight excluding hydrogens is 279 g/mol. The van der Waals surface area contributed by atoms with E-state index in [0.29, 0.717) is 23.5 Å². The van der Waals surface area contributed by atoms with Gasteiger partial charge < -0.3 is 4.74 Å². The number of carbonyl (C=O) groups is 1. The second kappa shape index (κ2) is 5.25. The van der Waals surface area contributed by atoms with Crippen molar-refractivity contribution in [2.75, 3.05) is 6.61 Å². The Balaban J connectivity index is 2.04. The maximum absolute atomic E-state index is 13.2. The summed E-state index contributed by atoms with van der Waals surface area (Å²) in [6, 6.07) is 9.51. The molecule has 1 aliphatic heterocycles. The second-order valence-corrected chi connectivity index (χ2v) is 5.11. The van der Waals surface area contributed by atoms with Crippen molar-refractivity contribution in [1.82, 2.24) is 0 Å². The summed E-state index contributed by atoms with van der Waals surface area (Å²) in [5.41, 5.74) is 1.90. The molecule has 3 rings (SSSR count). The van der Waals surface area contributed by atoms with Crippen LogP contribution in [0.5, 0.6) is 5.75 Å². The number of ether oxygens (including phenoxy) is 1. The van der Waals surface area contributed by atoms with Gasteiger partial charge in [-0.1, -0.05) is 23.7 Å². The first-order valence-corrected chi connectivity index (χ1v) is 6.79.